The molecule has 0 unspecified atom stereocenters. The Hall–Kier alpha value is -1.03. The maximum Gasteiger partial charge on any atom is 0.156 e. The molecular formula is C13H21N3S. The molecule has 1 aliphatic rings. The van der Waals surface area contributed by atoms with Crippen LogP contribution in [0.2, 0.25) is 0 Å². The second-order valence-corrected chi connectivity index (χ2v) is 4.82. The van der Waals surface area contributed by atoms with Gasteiger partial charge in [-0.2, -0.15) is 0 Å². The zero-order valence-corrected chi connectivity index (χ0v) is 11.7. The Kier molecular flexibility index (Phi) is 6.05. The Labute approximate surface area is 108 Å². The van der Waals surface area contributed by atoms with Crippen molar-refractivity contribution in [3.8, 4) is 0 Å². The van der Waals surface area contributed by atoms with Crippen molar-refractivity contribution in [3.05, 3.63) is 29.6 Å². The van der Waals surface area contributed by atoms with E-state index in [1.165, 1.54) is 12.0 Å². The zero-order valence-electron chi connectivity index (χ0n) is 10.9. The van der Waals surface area contributed by atoms with Crippen LogP contribution in [0, 0.1) is 12.3 Å². The van der Waals surface area contributed by atoms with E-state index >= 15 is 0 Å². The first-order valence-electron chi connectivity index (χ1n) is 6.13. The molecule has 0 radical (unpaired) electrons. The normalized spacial score (nSPS) is 15.2. The predicted molar refractivity (Wildman–Crippen MR) is 75.5 cm³/mol. The Bertz CT molecular complexity index is 348. The lowest BCUT2D eigenvalue weighted by molar-refractivity contribution is 0.413. The van der Waals surface area contributed by atoms with Crippen LogP contribution in [0.1, 0.15) is 31.5 Å². The monoisotopic (exact) mass is 251 g/mol. The van der Waals surface area contributed by atoms with Crippen molar-refractivity contribution in [2.24, 2.45) is 0 Å². The van der Waals surface area contributed by atoms with E-state index in [4.69, 9.17) is 5.41 Å². The van der Waals surface area contributed by atoms with Gasteiger partial charge in [-0.3, -0.25) is 10.4 Å². The molecule has 1 aromatic rings. The smallest absolute Gasteiger partial charge is 0.156 e. The maximum atomic E-state index is 7.81. The molecule has 0 amide bonds. The maximum absolute atomic E-state index is 7.81. The van der Waals surface area contributed by atoms with Crippen LogP contribution in [-0.4, -0.2) is 27.3 Å². The van der Waals surface area contributed by atoms with Crippen LogP contribution in [0.3, 0.4) is 0 Å². The largest absolute Gasteiger partial charge is 0.347 e. The molecule has 0 saturated carbocycles. The van der Waals surface area contributed by atoms with Crippen molar-refractivity contribution in [2.45, 2.75) is 33.7 Å². The summed E-state index contributed by atoms with van der Waals surface area (Å²) >= 11 is 1.64. The fourth-order valence-corrected chi connectivity index (χ4v) is 2.39. The molecule has 1 fully saturated rings. The third-order valence-electron chi connectivity index (χ3n) is 2.44. The fourth-order valence-electron chi connectivity index (χ4n) is 1.58. The van der Waals surface area contributed by atoms with Crippen molar-refractivity contribution in [1.29, 1.82) is 5.41 Å². The molecular weight excluding hydrogens is 230 g/mol. The number of aromatic nitrogens is 1. The lowest BCUT2D eigenvalue weighted by Crippen LogP contribution is -2.32. The van der Waals surface area contributed by atoms with Crippen molar-refractivity contribution >= 4 is 16.9 Å². The van der Waals surface area contributed by atoms with Crippen molar-refractivity contribution in [3.63, 3.8) is 0 Å². The first-order chi connectivity index (χ1) is 8.25. The first kappa shape index (κ1) is 14.0. The molecule has 1 N–H and O–H groups in total. The molecule has 94 valence electrons. The molecule has 0 aromatic carbocycles. The third kappa shape index (κ3) is 4.38. The highest BCUT2D eigenvalue weighted by Crippen LogP contribution is 2.18. The number of nitrogens with zero attached hydrogens (tertiary/aromatic N) is 2. The number of hydrogen-bond acceptors (Lipinski definition) is 3. The summed E-state index contributed by atoms with van der Waals surface area (Å²) in [6.07, 6.45) is 3.08. The Balaban J connectivity index is 0.000000686. The van der Waals surface area contributed by atoms with Crippen LogP contribution in [0.15, 0.2) is 18.3 Å². The molecule has 1 saturated heterocycles. The molecule has 0 spiro atoms. The summed E-state index contributed by atoms with van der Waals surface area (Å²) in [5.74, 6) is 1.08. The highest BCUT2D eigenvalue weighted by atomic mass is 32.2. The van der Waals surface area contributed by atoms with Gasteiger partial charge in [0.15, 0.2) is 5.17 Å². The molecule has 3 nitrogen and oxygen atoms in total. The highest BCUT2D eigenvalue weighted by molar-refractivity contribution is 8.13. The van der Waals surface area contributed by atoms with E-state index in [0.29, 0.717) is 5.17 Å². The number of nitrogens with one attached hydrogen (secondary N) is 1. The fraction of sp³-hybridized carbons (Fsp3) is 0.538. The Morgan fingerprint density at radius 3 is 2.76 bits per heavy atom. The number of rotatable bonds is 2. The summed E-state index contributed by atoms with van der Waals surface area (Å²) in [7, 11) is 0. The van der Waals surface area contributed by atoms with E-state index in [0.717, 1.165) is 24.5 Å². The van der Waals surface area contributed by atoms with Crippen molar-refractivity contribution in [2.75, 3.05) is 12.3 Å². The van der Waals surface area contributed by atoms with Gasteiger partial charge in [0, 0.05) is 30.7 Å². The molecule has 2 heterocycles. The summed E-state index contributed by atoms with van der Waals surface area (Å²) in [5.41, 5.74) is 2.23. The molecule has 1 aromatic heterocycles. The minimum absolute atomic E-state index is 0.696. The van der Waals surface area contributed by atoms with Gasteiger partial charge in [-0.05, 0) is 25.0 Å². The van der Waals surface area contributed by atoms with Crippen LogP contribution < -0.4 is 0 Å². The minimum Gasteiger partial charge on any atom is -0.347 e. The molecule has 0 bridgehead atoms. The summed E-state index contributed by atoms with van der Waals surface area (Å²) < 4.78 is 0. The lowest BCUT2D eigenvalue weighted by atomic mass is 10.2. The van der Waals surface area contributed by atoms with Gasteiger partial charge < -0.3 is 4.90 Å². The zero-order chi connectivity index (χ0) is 12.7. The lowest BCUT2D eigenvalue weighted by Gasteiger charge is -2.28. The average molecular weight is 251 g/mol. The van der Waals surface area contributed by atoms with Crippen LogP contribution in [-0.2, 0) is 6.54 Å². The minimum atomic E-state index is 0.696. The van der Waals surface area contributed by atoms with E-state index in [1.54, 1.807) is 11.8 Å². The van der Waals surface area contributed by atoms with Gasteiger partial charge >= 0.3 is 0 Å². The van der Waals surface area contributed by atoms with E-state index in [-0.39, 0.29) is 0 Å². The number of pyridine rings is 1. The SMILES string of the molecule is CC.Cc1ccc(CN2CCCSC2=N)cn1. The molecule has 0 aliphatic carbocycles. The van der Waals surface area contributed by atoms with Crippen LogP contribution in [0.5, 0.6) is 0 Å². The summed E-state index contributed by atoms with van der Waals surface area (Å²) in [6, 6.07) is 4.12. The Morgan fingerprint density at radius 1 is 1.41 bits per heavy atom. The molecule has 17 heavy (non-hydrogen) atoms. The quantitative estimate of drug-likeness (QED) is 0.876. The molecule has 1 aliphatic heterocycles. The Morgan fingerprint density at radius 2 is 2.18 bits per heavy atom. The van der Waals surface area contributed by atoms with Gasteiger partial charge in [-0.15, -0.1) is 0 Å². The summed E-state index contributed by atoms with van der Waals surface area (Å²) in [5, 5.41) is 8.50. The summed E-state index contributed by atoms with van der Waals surface area (Å²) in [6.45, 7) is 7.81. The van der Waals surface area contributed by atoms with Gasteiger partial charge in [-0.25, -0.2) is 0 Å². The van der Waals surface area contributed by atoms with Gasteiger partial charge in [-0.1, -0.05) is 31.7 Å². The predicted octanol–water partition coefficient (Wildman–Crippen LogP) is 3.29. The van der Waals surface area contributed by atoms with Gasteiger partial charge in [0.2, 0.25) is 0 Å². The van der Waals surface area contributed by atoms with E-state index in [9.17, 15) is 0 Å². The van der Waals surface area contributed by atoms with E-state index < -0.39 is 0 Å². The van der Waals surface area contributed by atoms with E-state index in [1.807, 2.05) is 33.0 Å². The van der Waals surface area contributed by atoms with E-state index in [2.05, 4.69) is 16.0 Å². The number of hydrogen-bond donors (Lipinski definition) is 1. The van der Waals surface area contributed by atoms with Gasteiger partial charge in [0.05, 0.1) is 0 Å². The van der Waals surface area contributed by atoms with Crippen LogP contribution in [0.25, 0.3) is 0 Å². The number of aryl methyl sites for hydroxylation is 1. The second kappa shape index (κ2) is 7.33. The molecule has 2 rings (SSSR count). The standard InChI is InChI=1S/C11H15N3S.C2H6/c1-9-3-4-10(7-13-9)8-14-5-2-6-15-11(14)12;1-2/h3-4,7,12H,2,5-6,8H2,1H3;1-2H3. The average Bonchev–Trinajstić information content (AvgIpc) is 2.37. The van der Waals surface area contributed by atoms with Crippen LogP contribution in [0.4, 0.5) is 0 Å². The van der Waals surface area contributed by atoms with Gasteiger partial charge in [0.25, 0.3) is 0 Å². The van der Waals surface area contributed by atoms with Gasteiger partial charge in [0.1, 0.15) is 0 Å². The molecule has 0 atom stereocenters. The number of thioether (sulfide) groups is 1. The topological polar surface area (TPSA) is 40.0 Å². The second-order valence-electron chi connectivity index (χ2n) is 3.74. The van der Waals surface area contributed by atoms with Crippen molar-refractivity contribution in [1.82, 2.24) is 9.88 Å². The molecule has 4 heteroatoms. The highest BCUT2D eigenvalue weighted by Gasteiger charge is 2.15. The van der Waals surface area contributed by atoms with Crippen molar-refractivity contribution < 1.29 is 0 Å². The first-order valence-corrected chi connectivity index (χ1v) is 7.12. The number of amidine groups is 1. The van der Waals surface area contributed by atoms with Crippen LogP contribution >= 0.6 is 11.8 Å². The summed E-state index contributed by atoms with van der Waals surface area (Å²) in [4.78, 5) is 6.38. The third-order valence-corrected chi connectivity index (χ3v) is 3.47.